The molecule has 2 rings (SSSR count). The standard InChI is InChI=1S/C10H8FIS/c1-2-6-9-7(12)4-3-5-8(9)13-10(6)11/h3-5H,2H2,1H3. The smallest absolute Gasteiger partial charge is 0.180 e. The number of benzene rings is 1. The Morgan fingerprint density at radius 2 is 2.23 bits per heavy atom. The molecule has 0 saturated carbocycles. The first kappa shape index (κ1) is 9.40. The molecule has 0 radical (unpaired) electrons. The van der Waals surface area contributed by atoms with E-state index in [1.54, 1.807) is 0 Å². The van der Waals surface area contributed by atoms with Gasteiger partial charge < -0.3 is 0 Å². The average molecular weight is 306 g/mol. The molecule has 0 aliphatic rings. The number of aryl methyl sites for hydroxylation is 1. The van der Waals surface area contributed by atoms with Gasteiger partial charge in [-0.1, -0.05) is 13.0 Å². The first-order valence-electron chi connectivity index (χ1n) is 4.09. The molecule has 13 heavy (non-hydrogen) atoms. The van der Waals surface area contributed by atoms with E-state index in [0.717, 1.165) is 25.6 Å². The minimum absolute atomic E-state index is 0.0263. The second-order valence-corrected chi connectivity index (χ2v) is 4.99. The zero-order chi connectivity index (χ0) is 9.42. The first-order chi connectivity index (χ1) is 6.24. The van der Waals surface area contributed by atoms with Crippen LogP contribution in [0.1, 0.15) is 12.5 Å². The molecule has 0 atom stereocenters. The van der Waals surface area contributed by atoms with Gasteiger partial charge in [0.25, 0.3) is 0 Å². The van der Waals surface area contributed by atoms with Gasteiger partial charge in [0.15, 0.2) is 5.13 Å². The van der Waals surface area contributed by atoms with E-state index in [-0.39, 0.29) is 5.13 Å². The van der Waals surface area contributed by atoms with E-state index in [4.69, 9.17) is 0 Å². The van der Waals surface area contributed by atoms with Gasteiger partial charge >= 0.3 is 0 Å². The highest BCUT2D eigenvalue weighted by Gasteiger charge is 2.11. The van der Waals surface area contributed by atoms with Gasteiger partial charge in [-0.25, -0.2) is 0 Å². The van der Waals surface area contributed by atoms with Crippen LogP contribution in [0.5, 0.6) is 0 Å². The van der Waals surface area contributed by atoms with E-state index in [9.17, 15) is 4.39 Å². The Hall–Kier alpha value is -0.160. The van der Waals surface area contributed by atoms with Gasteiger partial charge in [0, 0.05) is 19.2 Å². The average Bonchev–Trinajstić information content (AvgIpc) is 2.42. The summed E-state index contributed by atoms with van der Waals surface area (Å²) in [6, 6.07) is 5.97. The molecule has 0 aliphatic heterocycles. The molecule has 0 spiro atoms. The minimum Gasteiger partial charge on any atom is -0.195 e. The van der Waals surface area contributed by atoms with Crippen molar-refractivity contribution in [2.45, 2.75) is 13.3 Å². The van der Waals surface area contributed by atoms with Crippen LogP contribution < -0.4 is 0 Å². The predicted molar refractivity (Wildman–Crippen MR) is 63.9 cm³/mol. The first-order valence-corrected chi connectivity index (χ1v) is 5.99. The maximum absolute atomic E-state index is 13.4. The second kappa shape index (κ2) is 3.53. The lowest BCUT2D eigenvalue weighted by Crippen LogP contribution is -1.82. The third kappa shape index (κ3) is 1.48. The molecule has 68 valence electrons. The maximum Gasteiger partial charge on any atom is 0.180 e. The van der Waals surface area contributed by atoms with Crippen molar-refractivity contribution < 1.29 is 4.39 Å². The highest BCUT2D eigenvalue weighted by atomic mass is 127. The van der Waals surface area contributed by atoms with E-state index < -0.39 is 0 Å². The third-order valence-electron chi connectivity index (χ3n) is 2.07. The van der Waals surface area contributed by atoms with Crippen LogP contribution in [-0.4, -0.2) is 0 Å². The summed E-state index contributed by atoms with van der Waals surface area (Å²) in [7, 11) is 0. The molecule has 0 unspecified atom stereocenters. The zero-order valence-corrected chi connectivity index (χ0v) is 10.1. The quantitative estimate of drug-likeness (QED) is 0.692. The lowest BCUT2D eigenvalue weighted by molar-refractivity contribution is 0.644. The molecule has 0 aliphatic carbocycles. The van der Waals surface area contributed by atoms with E-state index in [0.29, 0.717) is 0 Å². The van der Waals surface area contributed by atoms with E-state index in [1.165, 1.54) is 11.3 Å². The number of hydrogen-bond donors (Lipinski definition) is 0. The highest BCUT2D eigenvalue weighted by Crippen LogP contribution is 2.33. The van der Waals surface area contributed by atoms with Gasteiger partial charge in [-0.15, -0.1) is 11.3 Å². The summed E-state index contributed by atoms with van der Waals surface area (Å²) in [6.07, 6.45) is 0.770. The maximum atomic E-state index is 13.4. The van der Waals surface area contributed by atoms with Gasteiger partial charge in [-0.05, 0) is 41.1 Å². The van der Waals surface area contributed by atoms with E-state index in [1.807, 2.05) is 25.1 Å². The summed E-state index contributed by atoms with van der Waals surface area (Å²) in [5.74, 6) is 0. The number of fused-ring (bicyclic) bond motifs is 1. The van der Waals surface area contributed by atoms with Crippen molar-refractivity contribution in [2.75, 3.05) is 0 Å². The molecule has 3 heteroatoms. The topological polar surface area (TPSA) is 0 Å². The summed E-state index contributed by atoms with van der Waals surface area (Å²) < 4.78 is 15.6. The number of halogens is 2. The molecule has 0 fully saturated rings. The van der Waals surface area contributed by atoms with Crippen molar-refractivity contribution in [2.24, 2.45) is 0 Å². The fourth-order valence-electron chi connectivity index (χ4n) is 1.45. The lowest BCUT2D eigenvalue weighted by atomic mass is 10.1. The summed E-state index contributed by atoms with van der Waals surface area (Å²) in [4.78, 5) is 0. The van der Waals surface area contributed by atoms with Gasteiger partial charge in [-0.3, -0.25) is 0 Å². The van der Waals surface area contributed by atoms with Crippen LogP contribution in [0.25, 0.3) is 10.1 Å². The monoisotopic (exact) mass is 306 g/mol. The molecule has 0 saturated heterocycles. The van der Waals surface area contributed by atoms with Crippen LogP contribution in [0.4, 0.5) is 4.39 Å². The van der Waals surface area contributed by atoms with Gasteiger partial charge in [0.2, 0.25) is 0 Å². The summed E-state index contributed by atoms with van der Waals surface area (Å²) >= 11 is 3.51. The normalized spacial score (nSPS) is 11.0. The van der Waals surface area contributed by atoms with Crippen molar-refractivity contribution in [3.63, 3.8) is 0 Å². The Morgan fingerprint density at radius 3 is 2.92 bits per heavy atom. The molecule has 0 N–H and O–H groups in total. The Bertz CT molecular complexity index is 447. The Balaban J connectivity index is 2.88. The molecule has 1 aromatic heterocycles. The molecule has 1 aromatic carbocycles. The zero-order valence-electron chi connectivity index (χ0n) is 7.10. The van der Waals surface area contributed by atoms with Crippen LogP contribution >= 0.6 is 33.9 Å². The number of rotatable bonds is 1. The van der Waals surface area contributed by atoms with Crippen LogP contribution in [0.3, 0.4) is 0 Å². The predicted octanol–water partition coefficient (Wildman–Crippen LogP) is 4.21. The molecule has 0 amide bonds. The third-order valence-corrected chi connectivity index (χ3v) is 3.95. The van der Waals surface area contributed by atoms with Gasteiger partial charge in [0.1, 0.15) is 0 Å². The van der Waals surface area contributed by atoms with Crippen LogP contribution in [0.2, 0.25) is 0 Å². The largest absolute Gasteiger partial charge is 0.195 e. The molecule has 0 nitrogen and oxygen atoms in total. The fraction of sp³-hybridized carbons (Fsp3) is 0.200. The van der Waals surface area contributed by atoms with Crippen molar-refractivity contribution >= 4 is 44.0 Å². The SMILES string of the molecule is CCc1c(F)sc2cccc(I)c12. The Kier molecular flexibility index (Phi) is 2.55. The van der Waals surface area contributed by atoms with Crippen molar-refractivity contribution in [3.8, 4) is 0 Å². The Morgan fingerprint density at radius 1 is 1.46 bits per heavy atom. The summed E-state index contributed by atoms with van der Waals surface area (Å²) in [6.45, 7) is 1.99. The van der Waals surface area contributed by atoms with Crippen molar-refractivity contribution in [1.29, 1.82) is 0 Å². The van der Waals surface area contributed by atoms with Crippen LogP contribution in [0.15, 0.2) is 18.2 Å². The summed E-state index contributed by atoms with van der Waals surface area (Å²) in [5.41, 5.74) is 0.866. The molecule has 0 bridgehead atoms. The molecular formula is C10H8FIS. The molecule has 2 aromatic rings. The van der Waals surface area contributed by atoms with E-state index in [2.05, 4.69) is 22.6 Å². The fourth-order valence-corrected chi connectivity index (χ4v) is 3.51. The van der Waals surface area contributed by atoms with E-state index >= 15 is 0 Å². The molecular weight excluding hydrogens is 298 g/mol. The lowest BCUT2D eigenvalue weighted by Gasteiger charge is -1.96. The van der Waals surface area contributed by atoms with Gasteiger partial charge in [0.05, 0.1) is 0 Å². The van der Waals surface area contributed by atoms with Crippen LogP contribution in [-0.2, 0) is 6.42 Å². The number of hydrogen-bond acceptors (Lipinski definition) is 1. The van der Waals surface area contributed by atoms with Crippen LogP contribution in [0, 0.1) is 8.70 Å². The molecule has 1 heterocycles. The Labute approximate surface area is 93.9 Å². The minimum atomic E-state index is -0.0263. The van der Waals surface area contributed by atoms with Gasteiger partial charge in [-0.2, -0.15) is 4.39 Å². The summed E-state index contributed by atoms with van der Waals surface area (Å²) in [5, 5.41) is 1.08. The highest BCUT2D eigenvalue weighted by molar-refractivity contribution is 14.1. The van der Waals surface area contributed by atoms with Crippen molar-refractivity contribution in [3.05, 3.63) is 32.5 Å². The second-order valence-electron chi connectivity index (χ2n) is 2.82. The van der Waals surface area contributed by atoms with Crippen molar-refractivity contribution in [1.82, 2.24) is 0 Å². The number of thiophene rings is 1.